The minimum atomic E-state index is -0.0747. The monoisotopic (exact) mass is 358 g/mol. The molecule has 21 heavy (non-hydrogen) atoms. The highest BCUT2D eigenvalue weighted by molar-refractivity contribution is 9.10. The molecule has 5 nitrogen and oxygen atoms in total. The molecule has 1 aliphatic heterocycles. The molecule has 0 bridgehead atoms. The van der Waals surface area contributed by atoms with Gasteiger partial charge in [-0.1, -0.05) is 6.92 Å². The molecule has 1 saturated heterocycles. The number of methoxy groups -OCH3 is 1. The van der Waals surface area contributed by atoms with E-state index in [2.05, 4.69) is 39.8 Å². The summed E-state index contributed by atoms with van der Waals surface area (Å²) in [5.74, 6) is 0. The van der Waals surface area contributed by atoms with E-state index in [4.69, 9.17) is 10.5 Å². The molecule has 120 valence electrons. The zero-order valence-electron chi connectivity index (χ0n) is 13.3. The fraction of sp³-hybridized carbons (Fsp3) is 0.800. The molecular weight excluding hydrogens is 332 g/mol. The number of halogens is 1. The van der Waals surface area contributed by atoms with Gasteiger partial charge in [0, 0.05) is 12.6 Å². The van der Waals surface area contributed by atoms with Gasteiger partial charge in [-0.25, -0.2) is 0 Å². The number of ether oxygens (including phenoxy) is 1. The SMILES string of the molecule is CCC(C)(C(N)c1c(Br)cnn1CCOC)N1CCCC1. The molecule has 0 aromatic carbocycles. The van der Waals surface area contributed by atoms with Crippen molar-refractivity contribution < 1.29 is 4.74 Å². The van der Waals surface area contributed by atoms with Gasteiger partial charge in [0.05, 0.1) is 35.6 Å². The van der Waals surface area contributed by atoms with E-state index < -0.39 is 0 Å². The Morgan fingerprint density at radius 1 is 1.48 bits per heavy atom. The maximum absolute atomic E-state index is 6.71. The summed E-state index contributed by atoms with van der Waals surface area (Å²) in [6.07, 6.45) is 5.40. The topological polar surface area (TPSA) is 56.3 Å². The Morgan fingerprint density at radius 3 is 2.71 bits per heavy atom. The summed E-state index contributed by atoms with van der Waals surface area (Å²) in [5.41, 5.74) is 7.74. The third kappa shape index (κ3) is 3.33. The molecular formula is C15H27BrN4O. The lowest BCUT2D eigenvalue weighted by molar-refractivity contribution is 0.0949. The van der Waals surface area contributed by atoms with Crippen molar-refractivity contribution >= 4 is 15.9 Å². The lowest BCUT2D eigenvalue weighted by Crippen LogP contribution is -2.52. The van der Waals surface area contributed by atoms with Crippen molar-refractivity contribution in [3.63, 3.8) is 0 Å². The molecule has 1 aromatic rings. The predicted octanol–water partition coefficient (Wildman–Crippen LogP) is 2.56. The van der Waals surface area contributed by atoms with Crippen molar-refractivity contribution in [3.8, 4) is 0 Å². The molecule has 0 radical (unpaired) electrons. The largest absolute Gasteiger partial charge is 0.383 e. The van der Waals surface area contributed by atoms with Gasteiger partial charge in [0.15, 0.2) is 0 Å². The van der Waals surface area contributed by atoms with Gasteiger partial charge in [0.1, 0.15) is 0 Å². The van der Waals surface area contributed by atoms with E-state index in [-0.39, 0.29) is 11.6 Å². The van der Waals surface area contributed by atoms with E-state index >= 15 is 0 Å². The Balaban J connectivity index is 2.28. The second kappa shape index (κ2) is 7.22. The molecule has 2 rings (SSSR count). The number of likely N-dealkylation sites (tertiary alicyclic amines) is 1. The fourth-order valence-electron chi connectivity index (χ4n) is 3.20. The van der Waals surface area contributed by atoms with E-state index in [0.29, 0.717) is 6.61 Å². The van der Waals surface area contributed by atoms with Crippen LogP contribution in [0.3, 0.4) is 0 Å². The maximum atomic E-state index is 6.71. The van der Waals surface area contributed by atoms with E-state index in [1.54, 1.807) is 7.11 Å². The van der Waals surface area contributed by atoms with Gasteiger partial charge in [-0.3, -0.25) is 9.58 Å². The molecule has 0 spiro atoms. The molecule has 2 atom stereocenters. The Labute approximate surface area is 135 Å². The molecule has 0 aliphatic carbocycles. The third-order valence-electron chi connectivity index (χ3n) is 4.85. The first-order valence-corrected chi connectivity index (χ1v) is 8.54. The smallest absolute Gasteiger partial charge is 0.0713 e. The fourth-order valence-corrected chi connectivity index (χ4v) is 3.74. The molecule has 2 N–H and O–H groups in total. The Morgan fingerprint density at radius 2 is 2.14 bits per heavy atom. The molecule has 1 fully saturated rings. The first kappa shape index (κ1) is 16.9. The van der Waals surface area contributed by atoms with E-state index in [9.17, 15) is 0 Å². The van der Waals surface area contributed by atoms with Gasteiger partial charge in [0.2, 0.25) is 0 Å². The van der Waals surface area contributed by atoms with Gasteiger partial charge >= 0.3 is 0 Å². The molecule has 6 heteroatoms. The summed E-state index contributed by atoms with van der Waals surface area (Å²) in [4.78, 5) is 2.54. The maximum Gasteiger partial charge on any atom is 0.0713 e. The summed E-state index contributed by atoms with van der Waals surface area (Å²) in [6.45, 7) is 8.15. The van der Waals surface area contributed by atoms with E-state index in [1.807, 2.05) is 10.9 Å². The van der Waals surface area contributed by atoms with Gasteiger partial charge in [-0.05, 0) is 55.2 Å². The van der Waals surface area contributed by atoms with Gasteiger partial charge in [0.25, 0.3) is 0 Å². The first-order valence-electron chi connectivity index (χ1n) is 7.75. The second-order valence-electron chi connectivity index (χ2n) is 5.98. The highest BCUT2D eigenvalue weighted by Crippen LogP contribution is 2.37. The number of rotatable bonds is 7. The lowest BCUT2D eigenvalue weighted by Gasteiger charge is -2.43. The summed E-state index contributed by atoms with van der Waals surface area (Å²) in [7, 11) is 1.71. The van der Waals surface area contributed by atoms with Crippen LogP contribution in [0.1, 0.15) is 44.8 Å². The minimum absolute atomic E-state index is 0.0378. The van der Waals surface area contributed by atoms with Gasteiger partial charge in [-0.15, -0.1) is 0 Å². The third-order valence-corrected chi connectivity index (χ3v) is 5.46. The van der Waals surface area contributed by atoms with Gasteiger partial charge in [-0.2, -0.15) is 5.10 Å². The molecule has 2 heterocycles. The van der Waals surface area contributed by atoms with Crippen molar-refractivity contribution in [1.82, 2.24) is 14.7 Å². The normalized spacial score (nSPS) is 20.6. The Hall–Kier alpha value is -0.430. The van der Waals surface area contributed by atoms with E-state index in [1.165, 1.54) is 12.8 Å². The van der Waals surface area contributed by atoms with Crippen LogP contribution in [-0.4, -0.2) is 47.0 Å². The van der Waals surface area contributed by atoms with Crippen molar-refractivity contribution in [2.75, 3.05) is 26.8 Å². The molecule has 1 aromatic heterocycles. The van der Waals surface area contributed by atoms with Crippen molar-refractivity contribution in [1.29, 1.82) is 0 Å². The average molecular weight is 359 g/mol. The average Bonchev–Trinajstić information content (AvgIpc) is 3.13. The number of hydrogen-bond donors (Lipinski definition) is 1. The van der Waals surface area contributed by atoms with Crippen LogP contribution in [0.2, 0.25) is 0 Å². The Bertz CT molecular complexity index is 459. The van der Waals surface area contributed by atoms with Crippen LogP contribution in [0.4, 0.5) is 0 Å². The van der Waals surface area contributed by atoms with Crippen LogP contribution >= 0.6 is 15.9 Å². The summed E-state index contributed by atoms with van der Waals surface area (Å²) in [5, 5.41) is 4.44. The number of aromatic nitrogens is 2. The predicted molar refractivity (Wildman–Crippen MR) is 88.2 cm³/mol. The summed E-state index contributed by atoms with van der Waals surface area (Å²) >= 11 is 3.62. The highest BCUT2D eigenvalue weighted by Gasteiger charge is 2.40. The minimum Gasteiger partial charge on any atom is -0.383 e. The summed E-state index contributed by atoms with van der Waals surface area (Å²) < 4.78 is 8.14. The zero-order chi connectivity index (χ0) is 15.5. The second-order valence-corrected chi connectivity index (χ2v) is 6.83. The van der Waals surface area contributed by atoms with Gasteiger partial charge < -0.3 is 10.5 Å². The number of hydrogen-bond acceptors (Lipinski definition) is 4. The standard InChI is InChI=1S/C15H27BrN4O/c1-4-15(2,19-7-5-6-8-19)14(17)13-12(16)11-18-20(13)9-10-21-3/h11,14H,4-10,17H2,1-3H3. The van der Waals surface area contributed by atoms with Crippen LogP contribution in [0.25, 0.3) is 0 Å². The zero-order valence-corrected chi connectivity index (χ0v) is 14.9. The van der Waals surface area contributed by atoms with Crippen LogP contribution in [-0.2, 0) is 11.3 Å². The van der Waals surface area contributed by atoms with Crippen LogP contribution in [0.15, 0.2) is 10.7 Å². The highest BCUT2D eigenvalue weighted by atomic mass is 79.9. The van der Waals surface area contributed by atoms with Crippen molar-refractivity contribution in [2.45, 2.75) is 51.2 Å². The molecule has 2 unspecified atom stereocenters. The number of nitrogens with zero attached hydrogens (tertiary/aromatic N) is 3. The molecule has 1 aliphatic rings. The number of nitrogens with two attached hydrogens (primary N) is 1. The van der Waals surface area contributed by atoms with Crippen LogP contribution < -0.4 is 5.73 Å². The Kier molecular flexibility index (Phi) is 5.82. The lowest BCUT2D eigenvalue weighted by atomic mass is 9.86. The summed E-state index contributed by atoms with van der Waals surface area (Å²) in [6, 6.07) is -0.0747. The van der Waals surface area contributed by atoms with Crippen molar-refractivity contribution in [2.24, 2.45) is 5.73 Å². The van der Waals surface area contributed by atoms with Crippen molar-refractivity contribution in [3.05, 3.63) is 16.4 Å². The molecule has 0 saturated carbocycles. The first-order chi connectivity index (χ1) is 10.0. The molecule has 0 amide bonds. The van der Waals surface area contributed by atoms with E-state index in [0.717, 1.165) is 36.2 Å². The quantitative estimate of drug-likeness (QED) is 0.813. The van der Waals surface area contributed by atoms with Crippen LogP contribution in [0.5, 0.6) is 0 Å². The van der Waals surface area contributed by atoms with Crippen LogP contribution in [0, 0.1) is 0 Å².